The maximum Gasteiger partial charge on any atom is 0.342 e. The number of hydrogen-bond acceptors (Lipinski definition) is 5. The summed E-state index contributed by atoms with van der Waals surface area (Å²) in [6.45, 7) is 0. The molecule has 0 saturated carbocycles. The Kier molecular flexibility index (Phi) is 4.43. The Hall–Kier alpha value is -2.93. The van der Waals surface area contributed by atoms with E-state index in [2.05, 4.69) is 9.97 Å². The van der Waals surface area contributed by atoms with Gasteiger partial charge in [-0.2, -0.15) is 0 Å². The molecular formula is C17H14N2O4S. The summed E-state index contributed by atoms with van der Waals surface area (Å²) in [6.07, 6.45) is 1.47. The molecule has 0 spiro atoms. The summed E-state index contributed by atoms with van der Waals surface area (Å²) in [4.78, 5) is 19.0. The first-order valence-corrected chi connectivity index (χ1v) is 7.83. The molecule has 0 bridgehead atoms. The lowest BCUT2D eigenvalue weighted by molar-refractivity contribution is -0.131. The first kappa shape index (κ1) is 15.9. The Morgan fingerprint density at radius 3 is 2.75 bits per heavy atom. The first-order chi connectivity index (χ1) is 11.6. The van der Waals surface area contributed by atoms with Crippen molar-refractivity contribution in [2.24, 2.45) is 0 Å². The van der Waals surface area contributed by atoms with Crippen LogP contribution in [0, 0.1) is 0 Å². The van der Waals surface area contributed by atoms with Gasteiger partial charge in [-0.15, -0.1) is 0 Å². The summed E-state index contributed by atoms with van der Waals surface area (Å²) < 4.78 is 4.97. The number of carbonyl (C=O) groups is 1. The van der Waals surface area contributed by atoms with Crippen LogP contribution in [0.25, 0.3) is 17.1 Å². The third kappa shape index (κ3) is 3.36. The van der Waals surface area contributed by atoms with Crippen LogP contribution in [-0.4, -0.2) is 33.3 Å². The zero-order valence-corrected chi connectivity index (χ0v) is 13.5. The maximum atomic E-state index is 11.5. The predicted molar refractivity (Wildman–Crippen MR) is 92.2 cm³/mol. The molecule has 0 aliphatic carbocycles. The minimum absolute atomic E-state index is 0.0512. The van der Waals surface area contributed by atoms with E-state index in [1.54, 1.807) is 12.1 Å². The van der Waals surface area contributed by atoms with E-state index in [9.17, 15) is 15.0 Å². The van der Waals surface area contributed by atoms with Gasteiger partial charge in [-0.05, 0) is 47.7 Å². The van der Waals surface area contributed by atoms with E-state index in [0.29, 0.717) is 16.5 Å². The highest BCUT2D eigenvalue weighted by atomic mass is 32.2. The molecule has 0 amide bonds. The fourth-order valence-electron chi connectivity index (χ4n) is 2.16. The van der Waals surface area contributed by atoms with Crippen LogP contribution < -0.4 is 4.74 Å². The number of carboxylic acids is 1. The molecule has 0 aliphatic rings. The largest absolute Gasteiger partial charge is 0.504 e. The van der Waals surface area contributed by atoms with Gasteiger partial charge in [0.15, 0.2) is 16.7 Å². The number of thioether (sulfide) groups is 1. The van der Waals surface area contributed by atoms with Crippen LogP contribution in [0.2, 0.25) is 0 Å². The van der Waals surface area contributed by atoms with Crippen molar-refractivity contribution in [2.45, 2.75) is 5.16 Å². The molecular weight excluding hydrogens is 328 g/mol. The van der Waals surface area contributed by atoms with Gasteiger partial charge in [0.2, 0.25) is 0 Å². The fourth-order valence-corrected chi connectivity index (χ4v) is 2.96. The number of nitrogens with zero attached hydrogens (tertiary/aromatic N) is 1. The molecule has 0 saturated heterocycles. The number of imidazole rings is 1. The Morgan fingerprint density at radius 2 is 2.08 bits per heavy atom. The van der Waals surface area contributed by atoms with Gasteiger partial charge in [0.25, 0.3) is 0 Å². The van der Waals surface area contributed by atoms with Crippen molar-refractivity contribution in [1.82, 2.24) is 9.97 Å². The van der Waals surface area contributed by atoms with Gasteiger partial charge >= 0.3 is 5.97 Å². The Bertz CT molecular complexity index is 900. The number of aromatic amines is 1. The second-order valence-corrected chi connectivity index (χ2v) is 5.94. The number of phenolic OH excluding ortho intramolecular Hbond substituents is 1. The third-order valence-corrected chi connectivity index (χ3v) is 4.18. The van der Waals surface area contributed by atoms with Crippen LogP contribution in [0.15, 0.2) is 52.5 Å². The molecule has 0 radical (unpaired) electrons. The average molecular weight is 342 g/mol. The van der Waals surface area contributed by atoms with Crippen LogP contribution in [0.5, 0.6) is 11.5 Å². The number of aliphatic carboxylic acids is 1. The van der Waals surface area contributed by atoms with E-state index in [4.69, 9.17) is 4.74 Å². The highest BCUT2D eigenvalue weighted by Crippen LogP contribution is 2.31. The van der Waals surface area contributed by atoms with E-state index < -0.39 is 5.97 Å². The molecule has 3 rings (SSSR count). The number of hydrogen-bond donors (Lipinski definition) is 3. The topological polar surface area (TPSA) is 95.4 Å². The lowest BCUT2D eigenvalue weighted by Crippen LogP contribution is -1.97. The van der Waals surface area contributed by atoms with Crippen LogP contribution in [0.1, 0.15) is 5.56 Å². The zero-order valence-electron chi connectivity index (χ0n) is 12.7. The number of ether oxygens (including phenoxy) is 1. The molecule has 1 heterocycles. The zero-order chi connectivity index (χ0) is 17.1. The van der Waals surface area contributed by atoms with E-state index in [1.807, 2.05) is 24.3 Å². The Balaban J connectivity index is 1.91. The van der Waals surface area contributed by atoms with Gasteiger partial charge in [0, 0.05) is 0 Å². The number of aromatic nitrogens is 2. The van der Waals surface area contributed by atoms with Crippen molar-refractivity contribution in [2.75, 3.05) is 7.11 Å². The van der Waals surface area contributed by atoms with Gasteiger partial charge < -0.3 is 19.9 Å². The number of fused-ring (bicyclic) bond motifs is 1. The molecule has 0 unspecified atom stereocenters. The quantitative estimate of drug-likeness (QED) is 0.485. The number of carboxylic acid groups (broad SMARTS) is 1. The van der Waals surface area contributed by atoms with Crippen LogP contribution >= 0.6 is 11.8 Å². The van der Waals surface area contributed by atoms with Crippen molar-refractivity contribution >= 4 is 34.8 Å². The Morgan fingerprint density at radius 1 is 1.29 bits per heavy atom. The first-order valence-electron chi connectivity index (χ1n) is 7.01. The second kappa shape index (κ2) is 6.67. The fraction of sp³-hybridized carbons (Fsp3) is 0.0588. The van der Waals surface area contributed by atoms with Crippen molar-refractivity contribution in [3.63, 3.8) is 0 Å². The maximum absolute atomic E-state index is 11.5. The summed E-state index contributed by atoms with van der Waals surface area (Å²) in [5.74, 6) is -0.797. The molecule has 0 atom stereocenters. The molecule has 2 aromatic carbocycles. The van der Waals surface area contributed by atoms with Gasteiger partial charge in [-0.25, -0.2) is 9.78 Å². The Labute approximate surface area is 141 Å². The van der Waals surface area contributed by atoms with Crippen LogP contribution in [-0.2, 0) is 4.79 Å². The van der Waals surface area contributed by atoms with E-state index in [0.717, 1.165) is 22.8 Å². The molecule has 6 nitrogen and oxygen atoms in total. The number of phenols is 1. The second-order valence-electron chi connectivity index (χ2n) is 4.91. The molecule has 1 aromatic heterocycles. The van der Waals surface area contributed by atoms with Gasteiger partial charge in [0.05, 0.1) is 18.1 Å². The number of benzene rings is 2. The number of nitrogens with one attached hydrogen (secondary N) is 1. The summed E-state index contributed by atoms with van der Waals surface area (Å²) >= 11 is 1.02. The van der Waals surface area contributed by atoms with E-state index in [1.165, 1.54) is 19.3 Å². The monoisotopic (exact) mass is 342 g/mol. The van der Waals surface area contributed by atoms with Gasteiger partial charge in [-0.1, -0.05) is 18.2 Å². The molecule has 0 aliphatic heterocycles. The minimum Gasteiger partial charge on any atom is -0.504 e. The van der Waals surface area contributed by atoms with Crippen molar-refractivity contribution < 1.29 is 19.7 Å². The minimum atomic E-state index is -1.07. The average Bonchev–Trinajstić information content (AvgIpc) is 2.96. The molecule has 3 N–H and O–H groups in total. The summed E-state index contributed by atoms with van der Waals surface area (Å²) in [6, 6.07) is 12.2. The molecule has 3 aromatic rings. The van der Waals surface area contributed by atoms with Crippen molar-refractivity contribution in [3.8, 4) is 11.5 Å². The van der Waals surface area contributed by atoms with Crippen molar-refractivity contribution in [1.29, 1.82) is 0 Å². The third-order valence-electron chi connectivity index (χ3n) is 3.29. The standard InChI is InChI=1S/C17H14N2O4S/c1-23-14-7-6-10(8-13(14)20)9-15(16(21)22)24-17-18-11-4-2-3-5-12(11)19-17/h2-9,20H,1H3,(H,18,19)(H,21,22)/b15-9-. The molecule has 122 valence electrons. The molecule has 24 heavy (non-hydrogen) atoms. The van der Waals surface area contributed by atoms with Crippen LogP contribution in [0.4, 0.5) is 0 Å². The molecule has 7 heteroatoms. The van der Waals surface area contributed by atoms with Gasteiger partial charge in [0.1, 0.15) is 4.91 Å². The molecule has 0 fully saturated rings. The number of methoxy groups -OCH3 is 1. The normalized spacial score (nSPS) is 11.6. The predicted octanol–water partition coefficient (Wildman–Crippen LogP) is 3.49. The van der Waals surface area contributed by atoms with Crippen LogP contribution in [0.3, 0.4) is 0 Å². The summed E-state index contributed by atoms with van der Waals surface area (Å²) in [7, 11) is 1.45. The lowest BCUT2D eigenvalue weighted by Gasteiger charge is -2.04. The smallest absolute Gasteiger partial charge is 0.342 e. The number of para-hydroxylation sites is 2. The number of rotatable bonds is 5. The summed E-state index contributed by atoms with van der Waals surface area (Å²) in [5, 5.41) is 19.7. The summed E-state index contributed by atoms with van der Waals surface area (Å²) in [5.41, 5.74) is 2.16. The SMILES string of the molecule is COc1ccc(/C=C(\Sc2nc3ccccc3[nH]2)C(=O)O)cc1O. The van der Waals surface area contributed by atoms with E-state index >= 15 is 0 Å². The highest BCUT2D eigenvalue weighted by Gasteiger charge is 2.13. The number of H-pyrrole nitrogens is 1. The van der Waals surface area contributed by atoms with Gasteiger partial charge in [-0.3, -0.25) is 0 Å². The van der Waals surface area contributed by atoms with E-state index in [-0.39, 0.29) is 10.7 Å². The van der Waals surface area contributed by atoms with Crippen molar-refractivity contribution in [3.05, 3.63) is 52.9 Å². The lowest BCUT2D eigenvalue weighted by atomic mass is 10.2. The number of aromatic hydroxyl groups is 1. The highest BCUT2D eigenvalue weighted by molar-refractivity contribution is 8.04.